The lowest BCUT2D eigenvalue weighted by molar-refractivity contribution is -0.385. The fraction of sp³-hybridized carbons (Fsp3) is 0.500. The van der Waals surface area contributed by atoms with Crippen molar-refractivity contribution in [3.63, 3.8) is 0 Å². The number of carbonyl (C=O) groups is 1. The van der Waals surface area contributed by atoms with Gasteiger partial charge in [-0.15, -0.1) is 11.8 Å². The molecule has 21 heavy (non-hydrogen) atoms. The number of thioether (sulfide) groups is 1. The van der Waals surface area contributed by atoms with Crippen LogP contribution in [0.1, 0.15) is 23.7 Å². The number of nitro groups is 1. The molecule has 2 rings (SSSR count). The monoisotopic (exact) mass is 310 g/mol. The highest BCUT2D eigenvalue weighted by atomic mass is 32.2. The van der Waals surface area contributed by atoms with Crippen LogP contribution in [-0.4, -0.2) is 46.3 Å². The van der Waals surface area contributed by atoms with Crippen LogP contribution in [0.4, 0.5) is 5.69 Å². The lowest BCUT2D eigenvalue weighted by atomic mass is 9.96. The summed E-state index contributed by atoms with van der Waals surface area (Å²) in [6.45, 7) is 2.71. The molecule has 114 valence electrons. The molecule has 0 aromatic heterocycles. The first-order chi connectivity index (χ1) is 9.93. The molecule has 0 spiro atoms. The predicted octanol–water partition coefficient (Wildman–Crippen LogP) is 2.16. The van der Waals surface area contributed by atoms with Gasteiger partial charge in [-0.3, -0.25) is 14.9 Å². The number of benzene rings is 1. The van der Waals surface area contributed by atoms with Crippen LogP contribution in [0.25, 0.3) is 0 Å². The number of rotatable bonds is 3. The zero-order valence-electron chi connectivity index (χ0n) is 12.0. The first-order valence-electron chi connectivity index (χ1n) is 6.73. The van der Waals surface area contributed by atoms with E-state index in [0.717, 1.165) is 4.90 Å². The van der Waals surface area contributed by atoms with E-state index in [2.05, 4.69) is 0 Å². The molecule has 0 aliphatic carbocycles. The summed E-state index contributed by atoms with van der Waals surface area (Å²) in [5, 5.41) is 20.8. The molecule has 1 aliphatic rings. The minimum Gasteiger partial charge on any atom is -0.393 e. The molecule has 1 heterocycles. The maximum absolute atomic E-state index is 12.6. The summed E-state index contributed by atoms with van der Waals surface area (Å²) >= 11 is 1.44. The summed E-state index contributed by atoms with van der Waals surface area (Å²) in [6, 6.07) is 4.59. The third-order valence-corrected chi connectivity index (χ3v) is 4.50. The van der Waals surface area contributed by atoms with Gasteiger partial charge in [0.2, 0.25) is 0 Å². The minimum atomic E-state index is -0.528. The average Bonchev–Trinajstić information content (AvgIpc) is 2.48. The van der Waals surface area contributed by atoms with E-state index in [9.17, 15) is 20.0 Å². The van der Waals surface area contributed by atoms with Gasteiger partial charge in [-0.25, -0.2) is 0 Å². The number of aliphatic hydroxyl groups is 1. The van der Waals surface area contributed by atoms with Gasteiger partial charge in [0.1, 0.15) is 5.56 Å². The van der Waals surface area contributed by atoms with Crippen LogP contribution in [0.2, 0.25) is 0 Å². The maximum atomic E-state index is 12.6. The van der Waals surface area contributed by atoms with Crippen molar-refractivity contribution in [3.8, 4) is 0 Å². The molecule has 7 heteroatoms. The number of aliphatic hydroxyl groups excluding tert-OH is 1. The lowest BCUT2D eigenvalue weighted by Gasteiger charge is -2.34. The summed E-state index contributed by atoms with van der Waals surface area (Å²) in [5.74, 6) is -0.359. The number of hydrogen-bond donors (Lipinski definition) is 1. The van der Waals surface area contributed by atoms with E-state index < -0.39 is 11.0 Å². The van der Waals surface area contributed by atoms with E-state index in [-0.39, 0.29) is 23.1 Å². The largest absolute Gasteiger partial charge is 0.393 e. The van der Waals surface area contributed by atoms with Gasteiger partial charge in [0.15, 0.2) is 0 Å². The normalized spacial score (nSPS) is 22.1. The van der Waals surface area contributed by atoms with Crippen molar-refractivity contribution in [1.82, 2.24) is 4.90 Å². The predicted molar refractivity (Wildman–Crippen MR) is 80.6 cm³/mol. The third kappa shape index (κ3) is 3.36. The topological polar surface area (TPSA) is 83.7 Å². The van der Waals surface area contributed by atoms with Gasteiger partial charge < -0.3 is 10.0 Å². The van der Waals surface area contributed by atoms with Crippen molar-refractivity contribution in [2.75, 3.05) is 19.3 Å². The van der Waals surface area contributed by atoms with Crippen molar-refractivity contribution < 1.29 is 14.8 Å². The maximum Gasteiger partial charge on any atom is 0.282 e. The summed E-state index contributed by atoms with van der Waals surface area (Å²) in [5.41, 5.74) is -0.0491. The number of carbonyl (C=O) groups excluding carboxylic acids is 1. The average molecular weight is 310 g/mol. The Kier molecular flexibility index (Phi) is 4.84. The molecule has 0 unspecified atom stereocenters. The Balaban J connectivity index is 2.31. The number of piperidine rings is 1. The van der Waals surface area contributed by atoms with E-state index in [4.69, 9.17) is 0 Å². The second-order valence-electron chi connectivity index (χ2n) is 5.22. The highest BCUT2D eigenvalue weighted by Crippen LogP contribution is 2.27. The molecule has 1 fully saturated rings. The van der Waals surface area contributed by atoms with Crippen molar-refractivity contribution >= 4 is 23.4 Å². The molecule has 1 aliphatic heterocycles. The number of nitro benzene ring substituents is 1. The Bertz CT molecular complexity index is 564. The Morgan fingerprint density at radius 1 is 1.52 bits per heavy atom. The van der Waals surface area contributed by atoms with Crippen LogP contribution in [-0.2, 0) is 0 Å². The summed E-state index contributed by atoms with van der Waals surface area (Å²) in [6.07, 6.45) is 1.94. The molecule has 0 saturated carbocycles. The molecular weight excluding hydrogens is 292 g/mol. The molecule has 1 N–H and O–H groups in total. The second-order valence-corrected chi connectivity index (χ2v) is 6.10. The SMILES string of the molecule is CSc1ccc([N+](=O)[O-])c(C(=O)N2CC[C@H](O)[C@@H](C)C2)c1. The van der Waals surface area contributed by atoms with Gasteiger partial charge in [0.25, 0.3) is 11.6 Å². The van der Waals surface area contributed by atoms with Crippen LogP contribution < -0.4 is 0 Å². The Morgan fingerprint density at radius 3 is 2.81 bits per heavy atom. The zero-order valence-corrected chi connectivity index (χ0v) is 12.8. The van der Waals surface area contributed by atoms with E-state index in [1.165, 1.54) is 17.8 Å². The van der Waals surface area contributed by atoms with Crippen LogP contribution in [0.5, 0.6) is 0 Å². The van der Waals surface area contributed by atoms with E-state index in [1.54, 1.807) is 17.0 Å². The molecule has 1 saturated heterocycles. The highest BCUT2D eigenvalue weighted by Gasteiger charge is 2.31. The zero-order chi connectivity index (χ0) is 15.6. The van der Waals surface area contributed by atoms with Crippen molar-refractivity contribution in [3.05, 3.63) is 33.9 Å². The highest BCUT2D eigenvalue weighted by molar-refractivity contribution is 7.98. The fourth-order valence-electron chi connectivity index (χ4n) is 2.46. The third-order valence-electron chi connectivity index (χ3n) is 3.78. The molecule has 1 aromatic rings. The Morgan fingerprint density at radius 2 is 2.24 bits per heavy atom. The summed E-state index contributed by atoms with van der Waals surface area (Å²) in [4.78, 5) is 25.6. The molecule has 0 bridgehead atoms. The summed E-state index contributed by atoms with van der Waals surface area (Å²) in [7, 11) is 0. The van der Waals surface area contributed by atoms with Gasteiger partial charge in [-0.2, -0.15) is 0 Å². The van der Waals surface area contributed by atoms with Crippen molar-refractivity contribution in [1.29, 1.82) is 0 Å². The number of hydrogen-bond acceptors (Lipinski definition) is 5. The quantitative estimate of drug-likeness (QED) is 0.525. The molecule has 2 atom stereocenters. The van der Waals surface area contributed by atoms with Gasteiger partial charge in [0, 0.05) is 24.1 Å². The van der Waals surface area contributed by atoms with Crippen LogP contribution in [0.15, 0.2) is 23.1 Å². The summed E-state index contributed by atoms with van der Waals surface area (Å²) < 4.78 is 0. The Hall–Kier alpha value is -1.60. The van der Waals surface area contributed by atoms with Crippen molar-refractivity contribution in [2.45, 2.75) is 24.3 Å². The van der Waals surface area contributed by atoms with Crippen LogP contribution in [0.3, 0.4) is 0 Å². The second kappa shape index (κ2) is 6.44. The van der Waals surface area contributed by atoms with Gasteiger partial charge in [-0.05, 0) is 30.7 Å². The number of nitrogens with zero attached hydrogens (tertiary/aromatic N) is 2. The minimum absolute atomic E-state index is 0.0227. The smallest absolute Gasteiger partial charge is 0.282 e. The fourth-order valence-corrected chi connectivity index (χ4v) is 2.90. The molecule has 1 amide bonds. The van der Waals surface area contributed by atoms with Gasteiger partial charge in [-0.1, -0.05) is 6.92 Å². The molecular formula is C14H18N2O4S. The molecule has 0 radical (unpaired) electrons. The van der Waals surface area contributed by atoms with E-state index in [1.807, 2.05) is 13.2 Å². The number of amides is 1. The van der Waals surface area contributed by atoms with Gasteiger partial charge in [0.05, 0.1) is 11.0 Å². The lowest BCUT2D eigenvalue weighted by Crippen LogP contribution is -2.45. The standard InChI is InChI=1S/C14H18N2O4S/c1-9-8-15(6-5-13(9)17)14(18)11-7-10(21-2)3-4-12(11)16(19)20/h3-4,7,9,13,17H,5-6,8H2,1-2H3/t9-,13-/m0/s1. The molecule has 1 aromatic carbocycles. The first kappa shape index (κ1) is 15.8. The first-order valence-corrected chi connectivity index (χ1v) is 7.96. The van der Waals surface area contributed by atoms with Crippen molar-refractivity contribution in [2.24, 2.45) is 5.92 Å². The Labute approximate surface area is 127 Å². The van der Waals surface area contributed by atoms with Crippen LogP contribution >= 0.6 is 11.8 Å². The molecule has 6 nitrogen and oxygen atoms in total. The number of likely N-dealkylation sites (tertiary alicyclic amines) is 1. The van der Waals surface area contributed by atoms with E-state index >= 15 is 0 Å². The van der Waals surface area contributed by atoms with Crippen LogP contribution in [0, 0.1) is 16.0 Å². The van der Waals surface area contributed by atoms with Gasteiger partial charge >= 0.3 is 0 Å². The van der Waals surface area contributed by atoms with E-state index in [0.29, 0.717) is 19.5 Å².